The molecular formula is C10H13BF2O2. The van der Waals surface area contributed by atoms with Gasteiger partial charge in [-0.05, 0) is 17.9 Å². The average molecular weight is 214 g/mol. The number of benzene rings is 1. The normalized spacial score (nSPS) is 10.9. The summed E-state index contributed by atoms with van der Waals surface area (Å²) in [5.74, 6) is -1.96. The second-order valence-corrected chi connectivity index (χ2v) is 3.91. The Labute approximate surface area is 87.7 Å². The molecule has 0 amide bonds. The summed E-state index contributed by atoms with van der Waals surface area (Å²) in [7, 11) is -1.98. The topological polar surface area (TPSA) is 40.5 Å². The Morgan fingerprint density at radius 1 is 1.20 bits per heavy atom. The van der Waals surface area contributed by atoms with Crippen LogP contribution in [0.25, 0.3) is 0 Å². The number of rotatable bonds is 3. The van der Waals surface area contributed by atoms with Gasteiger partial charge in [0.25, 0.3) is 0 Å². The first-order valence-electron chi connectivity index (χ1n) is 4.76. The van der Waals surface area contributed by atoms with E-state index in [0.717, 1.165) is 0 Å². The van der Waals surface area contributed by atoms with Crippen LogP contribution in [0.4, 0.5) is 8.78 Å². The van der Waals surface area contributed by atoms with E-state index in [0.29, 0.717) is 6.42 Å². The summed E-state index contributed by atoms with van der Waals surface area (Å²) in [6.07, 6.45) is 0.421. The summed E-state index contributed by atoms with van der Waals surface area (Å²) < 4.78 is 26.7. The van der Waals surface area contributed by atoms with Crippen LogP contribution < -0.4 is 5.46 Å². The minimum absolute atomic E-state index is 0.212. The molecule has 0 heterocycles. The minimum atomic E-state index is -1.98. The van der Waals surface area contributed by atoms with Gasteiger partial charge in [0.2, 0.25) is 0 Å². The summed E-state index contributed by atoms with van der Waals surface area (Å²) in [5, 5.41) is 17.5. The molecule has 1 aromatic rings. The Kier molecular flexibility index (Phi) is 3.82. The van der Waals surface area contributed by atoms with Crippen molar-refractivity contribution >= 4 is 12.6 Å². The van der Waals surface area contributed by atoms with E-state index < -0.39 is 24.2 Å². The van der Waals surface area contributed by atoms with Crippen molar-refractivity contribution in [2.75, 3.05) is 0 Å². The molecular weight excluding hydrogens is 201 g/mol. The van der Waals surface area contributed by atoms with Gasteiger partial charge in [0.15, 0.2) is 11.6 Å². The summed E-state index contributed by atoms with van der Waals surface area (Å²) in [5.41, 5.74) is -0.174. The molecule has 0 aliphatic carbocycles. The molecule has 2 N–H and O–H groups in total. The Balaban J connectivity index is 3.10. The fraction of sp³-hybridized carbons (Fsp3) is 0.400. The molecule has 0 atom stereocenters. The van der Waals surface area contributed by atoms with Crippen LogP contribution in [0.2, 0.25) is 0 Å². The minimum Gasteiger partial charge on any atom is -0.423 e. The van der Waals surface area contributed by atoms with E-state index in [1.807, 2.05) is 13.8 Å². The van der Waals surface area contributed by atoms with Crippen molar-refractivity contribution in [1.29, 1.82) is 0 Å². The highest BCUT2D eigenvalue weighted by Gasteiger charge is 2.21. The van der Waals surface area contributed by atoms with Crippen molar-refractivity contribution in [2.45, 2.75) is 20.3 Å². The standard InChI is InChI=1S/C10H13BF2O2/c1-6(2)5-7-3-4-8(11(14)15)10(13)9(7)12/h3-4,6,14-15H,5H2,1-2H3. The first-order chi connectivity index (χ1) is 6.93. The van der Waals surface area contributed by atoms with Gasteiger partial charge in [0.05, 0.1) is 0 Å². The first kappa shape index (κ1) is 12.1. The maximum atomic E-state index is 13.4. The lowest BCUT2D eigenvalue weighted by atomic mass is 9.79. The van der Waals surface area contributed by atoms with Crippen LogP contribution >= 0.6 is 0 Å². The van der Waals surface area contributed by atoms with E-state index in [-0.39, 0.29) is 11.5 Å². The lowest BCUT2D eigenvalue weighted by molar-refractivity contribution is 0.419. The molecule has 1 aromatic carbocycles. The molecule has 5 heteroatoms. The van der Waals surface area contributed by atoms with E-state index in [2.05, 4.69) is 0 Å². The predicted molar refractivity (Wildman–Crippen MR) is 54.7 cm³/mol. The highest BCUT2D eigenvalue weighted by atomic mass is 19.2. The van der Waals surface area contributed by atoms with Gasteiger partial charge in [-0.2, -0.15) is 0 Å². The molecule has 1 rings (SSSR count). The zero-order valence-electron chi connectivity index (χ0n) is 8.67. The molecule has 0 saturated heterocycles. The number of hydrogen-bond acceptors (Lipinski definition) is 2. The molecule has 0 spiro atoms. The van der Waals surface area contributed by atoms with E-state index in [1.54, 1.807) is 0 Å². The van der Waals surface area contributed by atoms with Crippen molar-refractivity contribution in [3.8, 4) is 0 Å². The SMILES string of the molecule is CC(C)Cc1ccc(B(O)O)c(F)c1F. The van der Waals surface area contributed by atoms with E-state index >= 15 is 0 Å². The molecule has 0 radical (unpaired) electrons. The van der Waals surface area contributed by atoms with Gasteiger partial charge in [0, 0.05) is 5.46 Å². The molecule has 0 fully saturated rings. The molecule has 0 aliphatic heterocycles. The number of hydrogen-bond donors (Lipinski definition) is 2. The fourth-order valence-electron chi connectivity index (χ4n) is 1.40. The smallest absolute Gasteiger partial charge is 0.423 e. The van der Waals surface area contributed by atoms with Gasteiger partial charge in [-0.1, -0.05) is 26.0 Å². The van der Waals surface area contributed by atoms with Gasteiger partial charge >= 0.3 is 7.12 Å². The van der Waals surface area contributed by atoms with Crippen molar-refractivity contribution in [1.82, 2.24) is 0 Å². The predicted octanol–water partition coefficient (Wildman–Crippen LogP) is 0.843. The summed E-state index contributed by atoms with van der Waals surface area (Å²) in [6, 6.07) is 2.58. The maximum Gasteiger partial charge on any atom is 0.491 e. The third kappa shape index (κ3) is 2.76. The van der Waals surface area contributed by atoms with E-state index in [1.165, 1.54) is 12.1 Å². The summed E-state index contributed by atoms with van der Waals surface area (Å²) in [4.78, 5) is 0. The van der Waals surface area contributed by atoms with Gasteiger partial charge in [-0.15, -0.1) is 0 Å². The van der Waals surface area contributed by atoms with Crippen molar-refractivity contribution in [3.05, 3.63) is 29.3 Å². The number of halogens is 2. The molecule has 15 heavy (non-hydrogen) atoms. The van der Waals surface area contributed by atoms with Gasteiger partial charge < -0.3 is 10.0 Å². The van der Waals surface area contributed by atoms with Crippen molar-refractivity contribution < 1.29 is 18.8 Å². The molecule has 0 unspecified atom stereocenters. The second kappa shape index (κ2) is 4.72. The van der Waals surface area contributed by atoms with Gasteiger partial charge in [0.1, 0.15) is 0 Å². The van der Waals surface area contributed by atoms with Crippen LogP contribution in [0, 0.1) is 17.6 Å². The van der Waals surface area contributed by atoms with Crippen molar-refractivity contribution in [3.63, 3.8) is 0 Å². The van der Waals surface area contributed by atoms with Crippen LogP contribution in [-0.2, 0) is 6.42 Å². The molecule has 0 saturated carbocycles. The average Bonchev–Trinajstić information content (AvgIpc) is 2.12. The summed E-state index contributed by atoms with van der Waals surface area (Å²) >= 11 is 0. The third-order valence-corrected chi connectivity index (χ3v) is 2.10. The van der Waals surface area contributed by atoms with Crippen LogP contribution in [0.5, 0.6) is 0 Å². The Morgan fingerprint density at radius 3 is 2.27 bits per heavy atom. The van der Waals surface area contributed by atoms with Gasteiger partial charge in [-0.25, -0.2) is 8.78 Å². The highest BCUT2D eigenvalue weighted by Crippen LogP contribution is 2.14. The van der Waals surface area contributed by atoms with Gasteiger partial charge in [-0.3, -0.25) is 0 Å². The zero-order valence-corrected chi connectivity index (χ0v) is 8.67. The summed E-state index contributed by atoms with van der Waals surface area (Å²) in [6.45, 7) is 3.79. The first-order valence-corrected chi connectivity index (χ1v) is 4.76. The van der Waals surface area contributed by atoms with E-state index in [9.17, 15) is 8.78 Å². The lowest BCUT2D eigenvalue weighted by Crippen LogP contribution is -2.33. The van der Waals surface area contributed by atoms with Crippen LogP contribution in [0.3, 0.4) is 0 Å². The largest absolute Gasteiger partial charge is 0.491 e. The van der Waals surface area contributed by atoms with Crippen LogP contribution in [0.1, 0.15) is 19.4 Å². The second-order valence-electron chi connectivity index (χ2n) is 3.91. The Bertz CT molecular complexity index is 354. The van der Waals surface area contributed by atoms with Crippen molar-refractivity contribution in [2.24, 2.45) is 5.92 Å². The molecule has 0 aromatic heterocycles. The van der Waals surface area contributed by atoms with Crippen LogP contribution in [-0.4, -0.2) is 17.2 Å². The monoisotopic (exact) mass is 214 g/mol. The molecule has 2 nitrogen and oxygen atoms in total. The Morgan fingerprint density at radius 2 is 1.80 bits per heavy atom. The van der Waals surface area contributed by atoms with Crippen LogP contribution in [0.15, 0.2) is 12.1 Å². The third-order valence-electron chi connectivity index (χ3n) is 2.10. The molecule has 0 aliphatic rings. The maximum absolute atomic E-state index is 13.4. The quantitative estimate of drug-likeness (QED) is 0.732. The lowest BCUT2D eigenvalue weighted by Gasteiger charge is -2.09. The zero-order chi connectivity index (χ0) is 11.6. The van der Waals surface area contributed by atoms with E-state index in [4.69, 9.17) is 10.0 Å². The highest BCUT2D eigenvalue weighted by molar-refractivity contribution is 6.58. The molecule has 82 valence electrons. The Hall–Kier alpha value is -0.935. The molecule has 0 bridgehead atoms. The fourth-order valence-corrected chi connectivity index (χ4v) is 1.40.